The van der Waals surface area contributed by atoms with Crippen LogP contribution in [0.3, 0.4) is 0 Å². The van der Waals surface area contributed by atoms with Crippen LogP contribution < -0.4 is 0 Å². The molecule has 1 fully saturated rings. The van der Waals surface area contributed by atoms with Crippen LogP contribution in [0.1, 0.15) is 25.8 Å². The fourth-order valence-electron chi connectivity index (χ4n) is 2.31. The van der Waals surface area contributed by atoms with Crippen molar-refractivity contribution in [3.8, 4) is 0 Å². The summed E-state index contributed by atoms with van der Waals surface area (Å²) in [4.78, 5) is 6.01. The van der Waals surface area contributed by atoms with Crippen LogP contribution in [0.4, 0.5) is 0 Å². The Morgan fingerprint density at radius 3 is 2.65 bits per heavy atom. The molecule has 0 bridgehead atoms. The van der Waals surface area contributed by atoms with Crippen molar-refractivity contribution in [1.82, 2.24) is 5.06 Å². The van der Waals surface area contributed by atoms with E-state index in [-0.39, 0.29) is 0 Å². The monoisotopic (exact) mass is 345 g/mol. The van der Waals surface area contributed by atoms with Gasteiger partial charge in [-0.15, -0.1) is 0 Å². The van der Waals surface area contributed by atoms with E-state index in [9.17, 15) is 0 Å². The molecule has 94 valence electrons. The molecule has 2 nitrogen and oxygen atoms in total. The Labute approximate surface area is 117 Å². The van der Waals surface area contributed by atoms with Crippen LogP contribution in [-0.2, 0) is 11.4 Å². The van der Waals surface area contributed by atoms with Crippen molar-refractivity contribution in [2.24, 2.45) is 5.92 Å². The summed E-state index contributed by atoms with van der Waals surface area (Å²) in [7, 11) is 0. The van der Waals surface area contributed by atoms with Gasteiger partial charge in [-0.05, 0) is 17.9 Å². The molecule has 1 heterocycles. The Kier molecular flexibility index (Phi) is 4.82. The molecule has 2 atom stereocenters. The summed E-state index contributed by atoms with van der Waals surface area (Å²) < 4.78 is 1.08. The quantitative estimate of drug-likeness (QED) is 0.610. The fourth-order valence-corrected chi connectivity index (χ4v) is 2.83. The van der Waals surface area contributed by atoms with Gasteiger partial charge in [0.1, 0.15) is 0 Å². The Bertz CT molecular complexity index is 341. The molecule has 0 aromatic heterocycles. The number of hydroxylamine groups is 2. The van der Waals surface area contributed by atoms with Gasteiger partial charge in [0.05, 0.1) is 6.10 Å². The second kappa shape index (κ2) is 6.16. The lowest BCUT2D eigenvalue weighted by Gasteiger charge is -2.25. The van der Waals surface area contributed by atoms with E-state index >= 15 is 0 Å². The first kappa shape index (κ1) is 13.3. The van der Waals surface area contributed by atoms with Gasteiger partial charge in [-0.2, -0.15) is 5.06 Å². The zero-order chi connectivity index (χ0) is 12.3. The molecule has 17 heavy (non-hydrogen) atoms. The van der Waals surface area contributed by atoms with Gasteiger partial charge < -0.3 is 0 Å². The minimum absolute atomic E-state index is 0.395. The predicted molar refractivity (Wildman–Crippen MR) is 79.0 cm³/mol. The maximum Gasteiger partial charge on any atom is 0.0898 e. The van der Waals surface area contributed by atoms with E-state index in [0.717, 1.165) is 17.4 Å². The molecule has 1 aliphatic rings. The molecule has 0 unspecified atom stereocenters. The van der Waals surface area contributed by atoms with Crippen LogP contribution in [0.2, 0.25) is 0 Å². The molecule has 0 spiro atoms. The highest BCUT2D eigenvalue weighted by Gasteiger charge is 2.34. The normalized spacial score (nSPS) is 25.6. The van der Waals surface area contributed by atoms with Crippen molar-refractivity contribution < 1.29 is 4.84 Å². The zero-order valence-electron chi connectivity index (χ0n) is 10.5. The third kappa shape index (κ3) is 3.42. The van der Waals surface area contributed by atoms with Crippen molar-refractivity contribution >= 4 is 22.6 Å². The Balaban J connectivity index is 2.03. The van der Waals surface area contributed by atoms with Crippen LogP contribution in [0.5, 0.6) is 0 Å². The first-order valence-electron chi connectivity index (χ1n) is 6.24. The van der Waals surface area contributed by atoms with Crippen molar-refractivity contribution in [3.05, 3.63) is 35.9 Å². The molecular formula is C14H20INO. The average Bonchev–Trinajstić information content (AvgIpc) is 2.74. The first-order valence-corrected chi connectivity index (χ1v) is 7.76. The number of nitrogens with zero attached hydrogens (tertiary/aromatic N) is 1. The number of halogens is 1. The first-order chi connectivity index (χ1) is 8.20. The van der Waals surface area contributed by atoms with Crippen molar-refractivity contribution in [2.45, 2.75) is 39.0 Å². The average molecular weight is 345 g/mol. The summed E-state index contributed by atoms with van der Waals surface area (Å²) in [5.74, 6) is 0.645. The minimum Gasteiger partial charge on any atom is -0.294 e. The standard InChI is InChI=1S/C14H20INO/c1-11(2)14-8-13(9-15)17-16(14)10-12-6-4-3-5-7-12/h3-7,11,13-14H,8-10H2,1-2H3/t13-,14-/m1/s1. The largest absolute Gasteiger partial charge is 0.294 e. The van der Waals surface area contributed by atoms with Gasteiger partial charge in [-0.1, -0.05) is 66.8 Å². The van der Waals surface area contributed by atoms with E-state index in [1.165, 1.54) is 5.56 Å². The molecule has 1 aromatic carbocycles. The lowest BCUT2D eigenvalue weighted by Crippen LogP contribution is -2.31. The molecule has 1 saturated heterocycles. The molecule has 2 rings (SSSR count). The lowest BCUT2D eigenvalue weighted by molar-refractivity contribution is -0.169. The summed E-state index contributed by atoms with van der Waals surface area (Å²) in [6.45, 7) is 5.46. The number of rotatable bonds is 4. The van der Waals surface area contributed by atoms with E-state index in [1.54, 1.807) is 0 Å². The second-order valence-corrected chi connectivity index (χ2v) is 5.87. The van der Waals surface area contributed by atoms with Crippen LogP contribution in [-0.4, -0.2) is 21.6 Å². The highest BCUT2D eigenvalue weighted by Crippen LogP contribution is 2.29. The van der Waals surface area contributed by atoms with Gasteiger partial charge >= 0.3 is 0 Å². The van der Waals surface area contributed by atoms with Gasteiger partial charge in [0, 0.05) is 17.0 Å². The van der Waals surface area contributed by atoms with Crippen LogP contribution >= 0.6 is 22.6 Å². The lowest BCUT2D eigenvalue weighted by atomic mass is 9.99. The Morgan fingerprint density at radius 1 is 1.35 bits per heavy atom. The van der Waals surface area contributed by atoms with Crippen molar-refractivity contribution in [1.29, 1.82) is 0 Å². The van der Waals surface area contributed by atoms with E-state index < -0.39 is 0 Å². The van der Waals surface area contributed by atoms with Gasteiger partial charge in [0.15, 0.2) is 0 Å². The molecule has 0 amide bonds. The third-order valence-corrected chi connectivity index (χ3v) is 4.26. The predicted octanol–water partition coefficient (Wildman–Crippen LogP) is 3.65. The van der Waals surface area contributed by atoms with E-state index in [0.29, 0.717) is 18.1 Å². The summed E-state index contributed by atoms with van der Waals surface area (Å²) in [6.07, 6.45) is 1.56. The third-order valence-electron chi connectivity index (χ3n) is 3.28. The van der Waals surface area contributed by atoms with Gasteiger partial charge in [0.2, 0.25) is 0 Å². The number of alkyl halides is 1. The molecule has 3 heteroatoms. The Hall–Kier alpha value is -0.130. The van der Waals surface area contributed by atoms with Crippen molar-refractivity contribution in [2.75, 3.05) is 4.43 Å². The molecule has 0 aliphatic carbocycles. The molecule has 0 saturated carbocycles. The SMILES string of the molecule is CC(C)[C@H]1C[C@H](CI)ON1Cc1ccccc1. The summed E-state index contributed by atoms with van der Waals surface area (Å²) >= 11 is 2.41. The Morgan fingerprint density at radius 2 is 2.06 bits per heavy atom. The highest BCUT2D eigenvalue weighted by atomic mass is 127. The smallest absolute Gasteiger partial charge is 0.0898 e. The molecule has 0 radical (unpaired) electrons. The minimum atomic E-state index is 0.395. The van der Waals surface area contributed by atoms with Crippen LogP contribution in [0.15, 0.2) is 30.3 Å². The summed E-state index contributed by atoms with van der Waals surface area (Å²) in [5, 5.41) is 2.18. The summed E-state index contributed by atoms with van der Waals surface area (Å²) in [6, 6.07) is 11.1. The maximum atomic E-state index is 6.01. The summed E-state index contributed by atoms with van der Waals surface area (Å²) in [5.41, 5.74) is 1.33. The van der Waals surface area contributed by atoms with Crippen LogP contribution in [0, 0.1) is 5.92 Å². The van der Waals surface area contributed by atoms with Gasteiger partial charge in [-0.25, -0.2) is 0 Å². The topological polar surface area (TPSA) is 12.5 Å². The molecule has 0 N–H and O–H groups in total. The molecule has 1 aliphatic heterocycles. The molecular weight excluding hydrogens is 325 g/mol. The van der Waals surface area contributed by atoms with Gasteiger partial charge in [-0.3, -0.25) is 4.84 Å². The van der Waals surface area contributed by atoms with Gasteiger partial charge in [0.25, 0.3) is 0 Å². The van der Waals surface area contributed by atoms with Crippen molar-refractivity contribution in [3.63, 3.8) is 0 Å². The zero-order valence-corrected chi connectivity index (χ0v) is 12.6. The maximum absolute atomic E-state index is 6.01. The number of hydrogen-bond acceptors (Lipinski definition) is 2. The number of hydrogen-bond donors (Lipinski definition) is 0. The molecule has 1 aromatic rings. The van der Waals surface area contributed by atoms with E-state index in [1.807, 2.05) is 0 Å². The fraction of sp³-hybridized carbons (Fsp3) is 0.571. The second-order valence-electron chi connectivity index (χ2n) is 4.99. The van der Waals surface area contributed by atoms with E-state index in [4.69, 9.17) is 4.84 Å². The van der Waals surface area contributed by atoms with Crippen LogP contribution in [0.25, 0.3) is 0 Å². The highest BCUT2D eigenvalue weighted by molar-refractivity contribution is 14.1. The van der Waals surface area contributed by atoms with E-state index in [2.05, 4.69) is 71.8 Å². The number of benzene rings is 1.